The molecule has 0 amide bonds. The van der Waals surface area contributed by atoms with E-state index >= 15 is 0 Å². The summed E-state index contributed by atoms with van der Waals surface area (Å²) in [6.07, 6.45) is 0.399. The number of hydrogen-bond donors (Lipinski definition) is 0. The topological polar surface area (TPSA) is 55.6 Å². The van der Waals surface area contributed by atoms with Gasteiger partial charge in [0, 0.05) is 20.0 Å². The Morgan fingerprint density at radius 3 is 3.00 bits per heavy atom. The van der Waals surface area contributed by atoms with E-state index in [1.807, 2.05) is 32.2 Å². The van der Waals surface area contributed by atoms with Gasteiger partial charge in [-0.1, -0.05) is 6.07 Å². The summed E-state index contributed by atoms with van der Waals surface area (Å²) in [7, 11) is 3.38. The molecule has 102 valence electrons. The van der Waals surface area contributed by atoms with Crippen molar-refractivity contribution >= 4 is 17.1 Å². The molecular formula is C14H18N2O3. The van der Waals surface area contributed by atoms with Gasteiger partial charge >= 0.3 is 5.97 Å². The highest BCUT2D eigenvalue weighted by Gasteiger charge is 2.07. The fourth-order valence-electron chi connectivity index (χ4n) is 1.96. The molecule has 0 fully saturated rings. The van der Waals surface area contributed by atoms with Crippen LogP contribution in [0.5, 0.6) is 0 Å². The van der Waals surface area contributed by atoms with Crippen LogP contribution in [0.4, 0.5) is 0 Å². The monoisotopic (exact) mass is 262 g/mol. The van der Waals surface area contributed by atoms with E-state index in [1.165, 1.54) is 7.11 Å². The number of carbonyl (C=O) groups is 1. The number of aromatic nitrogens is 1. The van der Waals surface area contributed by atoms with Gasteiger partial charge < -0.3 is 14.1 Å². The average molecular weight is 262 g/mol. The van der Waals surface area contributed by atoms with Gasteiger partial charge in [0.2, 0.25) is 0 Å². The normalized spacial score (nSPS) is 11.2. The standard InChI is InChI=1S/C14H18N2O3/c1-10-15-12-5-4-11(8-13(12)19-10)9-16(2)7-6-14(17)18-3/h4-5,8H,6-7,9H2,1-3H3. The predicted molar refractivity (Wildman–Crippen MR) is 71.7 cm³/mol. The van der Waals surface area contributed by atoms with Gasteiger partial charge in [0.1, 0.15) is 5.52 Å². The Bertz CT molecular complexity index is 577. The SMILES string of the molecule is COC(=O)CCN(C)Cc1ccc2nc(C)oc2c1. The van der Waals surface area contributed by atoms with E-state index in [-0.39, 0.29) is 5.97 Å². The Kier molecular flexibility index (Phi) is 4.16. The summed E-state index contributed by atoms with van der Waals surface area (Å²) < 4.78 is 10.1. The maximum atomic E-state index is 11.1. The summed E-state index contributed by atoms with van der Waals surface area (Å²) in [4.78, 5) is 17.4. The number of esters is 1. The third-order valence-electron chi connectivity index (χ3n) is 2.94. The summed E-state index contributed by atoms with van der Waals surface area (Å²) in [5.41, 5.74) is 2.81. The number of oxazole rings is 1. The minimum atomic E-state index is -0.187. The molecular weight excluding hydrogens is 244 g/mol. The molecule has 0 saturated heterocycles. The van der Waals surface area contributed by atoms with E-state index in [1.54, 1.807) is 0 Å². The number of benzene rings is 1. The van der Waals surface area contributed by atoms with Gasteiger partial charge in [-0.05, 0) is 24.7 Å². The molecule has 0 radical (unpaired) electrons. The highest BCUT2D eigenvalue weighted by molar-refractivity contribution is 5.73. The summed E-state index contributed by atoms with van der Waals surface area (Å²) >= 11 is 0. The molecule has 0 unspecified atom stereocenters. The van der Waals surface area contributed by atoms with E-state index in [2.05, 4.69) is 14.6 Å². The Labute approximate surface area is 112 Å². The van der Waals surface area contributed by atoms with Crippen molar-refractivity contribution in [2.45, 2.75) is 19.9 Å². The first kappa shape index (κ1) is 13.5. The Hall–Kier alpha value is -1.88. The number of rotatable bonds is 5. The van der Waals surface area contributed by atoms with Crippen LogP contribution in [0, 0.1) is 6.92 Å². The maximum Gasteiger partial charge on any atom is 0.306 e. The van der Waals surface area contributed by atoms with Crippen LogP contribution in [-0.2, 0) is 16.1 Å². The molecule has 5 nitrogen and oxygen atoms in total. The van der Waals surface area contributed by atoms with Crippen molar-refractivity contribution in [3.63, 3.8) is 0 Å². The van der Waals surface area contributed by atoms with Gasteiger partial charge in [-0.25, -0.2) is 4.98 Å². The van der Waals surface area contributed by atoms with Crippen LogP contribution in [-0.4, -0.2) is 36.6 Å². The third-order valence-corrected chi connectivity index (χ3v) is 2.94. The summed E-state index contributed by atoms with van der Waals surface area (Å²) in [6.45, 7) is 3.26. The predicted octanol–water partition coefficient (Wildman–Crippen LogP) is 2.13. The van der Waals surface area contributed by atoms with Crippen molar-refractivity contribution in [1.82, 2.24) is 9.88 Å². The van der Waals surface area contributed by atoms with Crippen LogP contribution in [0.3, 0.4) is 0 Å². The zero-order chi connectivity index (χ0) is 13.8. The highest BCUT2D eigenvalue weighted by atomic mass is 16.5. The van der Waals surface area contributed by atoms with Crippen LogP contribution < -0.4 is 0 Å². The zero-order valence-corrected chi connectivity index (χ0v) is 11.5. The number of ether oxygens (including phenoxy) is 1. The van der Waals surface area contributed by atoms with Crippen molar-refractivity contribution in [3.8, 4) is 0 Å². The van der Waals surface area contributed by atoms with Gasteiger partial charge in [0.25, 0.3) is 0 Å². The first-order valence-electron chi connectivity index (χ1n) is 6.20. The quantitative estimate of drug-likeness (QED) is 0.773. The second-order valence-electron chi connectivity index (χ2n) is 4.60. The number of aryl methyl sites for hydroxylation is 1. The second-order valence-corrected chi connectivity index (χ2v) is 4.60. The Balaban J connectivity index is 1.98. The van der Waals surface area contributed by atoms with Crippen LogP contribution in [0.15, 0.2) is 22.6 Å². The van der Waals surface area contributed by atoms with Crippen LogP contribution in [0.25, 0.3) is 11.1 Å². The number of fused-ring (bicyclic) bond motifs is 1. The van der Waals surface area contributed by atoms with Gasteiger partial charge in [0.15, 0.2) is 11.5 Å². The smallest absolute Gasteiger partial charge is 0.306 e. The molecule has 0 N–H and O–H groups in total. The van der Waals surface area contributed by atoms with Gasteiger partial charge in [-0.3, -0.25) is 4.79 Å². The number of hydrogen-bond acceptors (Lipinski definition) is 5. The van der Waals surface area contributed by atoms with Crippen LogP contribution in [0.1, 0.15) is 17.9 Å². The van der Waals surface area contributed by atoms with Crippen molar-refractivity contribution in [2.24, 2.45) is 0 Å². The van der Waals surface area contributed by atoms with E-state index in [0.29, 0.717) is 18.9 Å². The first-order chi connectivity index (χ1) is 9.08. The number of carbonyl (C=O) groups excluding carboxylic acids is 1. The zero-order valence-electron chi connectivity index (χ0n) is 11.5. The molecule has 0 saturated carbocycles. The number of methoxy groups -OCH3 is 1. The maximum absolute atomic E-state index is 11.1. The van der Waals surface area contributed by atoms with Crippen LogP contribution in [0.2, 0.25) is 0 Å². The summed E-state index contributed by atoms with van der Waals surface area (Å²) in [5.74, 6) is 0.486. The molecule has 0 spiro atoms. The molecule has 1 aromatic heterocycles. The number of nitrogens with zero attached hydrogens (tertiary/aromatic N) is 2. The van der Waals surface area contributed by atoms with Crippen molar-refractivity contribution in [2.75, 3.05) is 20.7 Å². The van der Waals surface area contributed by atoms with E-state index in [9.17, 15) is 4.79 Å². The van der Waals surface area contributed by atoms with E-state index < -0.39 is 0 Å². The molecule has 5 heteroatoms. The van der Waals surface area contributed by atoms with Crippen molar-refractivity contribution in [3.05, 3.63) is 29.7 Å². The Morgan fingerprint density at radius 1 is 1.47 bits per heavy atom. The molecule has 0 aliphatic carbocycles. The molecule has 1 heterocycles. The molecule has 0 aliphatic heterocycles. The minimum Gasteiger partial charge on any atom is -0.469 e. The largest absolute Gasteiger partial charge is 0.469 e. The van der Waals surface area contributed by atoms with Gasteiger partial charge in [0.05, 0.1) is 13.5 Å². The average Bonchev–Trinajstić information content (AvgIpc) is 2.75. The van der Waals surface area contributed by atoms with E-state index in [4.69, 9.17) is 4.42 Å². The molecule has 19 heavy (non-hydrogen) atoms. The Morgan fingerprint density at radius 2 is 2.26 bits per heavy atom. The lowest BCUT2D eigenvalue weighted by Gasteiger charge is -2.15. The lowest BCUT2D eigenvalue weighted by molar-refractivity contribution is -0.140. The lowest BCUT2D eigenvalue weighted by Crippen LogP contribution is -2.21. The molecule has 0 atom stereocenters. The minimum absolute atomic E-state index is 0.187. The highest BCUT2D eigenvalue weighted by Crippen LogP contribution is 2.17. The van der Waals surface area contributed by atoms with Crippen molar-refractivity contribution < 1.29 is 13.9 Å². The second kappa shape index (κ2) is 5.84. The van der Waals surface area contributed by atoms with Gasteiger partial charge in [-0.15, -0.1) is 0 Å². The first-order valence-corrected chi connectivity index (χ1v) is 6.20. The molecule has 0 bridgehead atoms. The van der Waals surface area contributed by atoms with Gasteiger partial charge in [-0.2, -0.15) is 0 Å². The summed E-state index contributed by atoms with van der Waals surface area (Å²) in [5, 5.41) is 0. The molecule has 2 aromatic rings. The van der Waals surface area contributed by atoms with Crippen molar-refractivity contribution in [1.29, 1.82) is 0 Å². The third kappa shape index (κ3) is 3.54. The van der Waals surface area contributed by atoms with E-state index in [0.717, 1.165) is 23.2 Å². The fourth-order valence-corrected chi connectivity index (χ4v) is 1.96. The summed E-state index contributed by atoms with van der Waals surface area (Å²) in [6, 6.07) is 5.97. The fraction of sp³-hybridized carbons (Fsp3) is 0.429. The lowest BCUT2D eigenvalue weighted by atomic mass is 10.2. The molecule has 2 rings (SSSR count). The molecule has 0 aliphatic rings. The van der Waals surface area contributed by atoms with Crippen LogP contribution >= 0.6 is 0 Å². The molecule has 1 aromatic carbocycles.